The molecule has 0 atom stereocenters. The van der Waals surface area contributed by atoms with Gasteiger partial charge in [0.25, 0.3) is 0 Å². The van der Waals surface area contributed by atoms with E-state index >= 15 is 0 Å². The molecular weight excluding hydrogens is 358 g/mol. The second-order valence-electron chi connectivity index (χ2n) is 6.65. The topological polar surface area (TPSA) is 64.0 Å². The van der Waals surface area contributed by atoms with Crippen molar-refractivity contribution in [3.63, 3.8) is 0 Å². The summed E-state index contributed by atoms with van der Waals surface area (Å²) in [4.78, 5) is 24.9. The predicted octanol–water partition coefficient (Wildman–Crippen LogP) is 3.70. The number of fused-ring (bicyclic) bond motifs is 1. The van der Waals surface area contributed by atoms with Crippen molar-refractivity contribution in [2.75, 3.05) is 0 Å². The van der Waals surface area contributed by atoms with Crippen LogP contribution in [0.3, 0.4) is 0 Å². The minimum absolute atomic E-state index is 0.0226. The van der Waals surface area contributed by atoms with E-state index in [2.05, 4.69) is 5.32 Å². The van der Waals surface area contributed by atoms with Crippen LogP contribution in [0.2, 0.25) is 0 Å². The van der Waals surface area contributed by atoms with Crippen molar-refractivity contribution in [3.05, 3.63) is 69.7 Å². The lowest BCUT2D eigenvalue weighted by Gasteiger charge is -2.05. The van der Waals surface area contributed by atoms with Crippen LogP contribution in [0, 0.1) is 0 Å². The molecule has 0 spiro atoms. The average Bonchev–Trinajstić information content (AvgIpc) is 3.43. The monoisotopic (exact) mass is 379 g/mol. The van der Waals surface area contributed by atoms with Crippen molar-refractivity contribution in [3.8, 4) is 5.69 Å². The van der Waals surface area contributed by atoms with E-state index in [-0.39, 0.29) is 24.5 Å². The number of carbonyl (C=O) groups excluding carboxylic acids is 2. The summed E-state index contributed by atoms with van der Waals surface area (Å²) in [5, 5.41) is 9.55. The van der Waals surface area contributed by atoms with Crippen molar-refractivity contribution in [2.24, 2.45) is 0 Å². The molecule has 27 heavy (non-hydrogen) atoms. The van der Waals surface area contributed by atoms with Gasteiger partial charge in [0.05, 0.1) is 22.8 Å². The number of hydrogen-bond acceptors (Lipinski definition) is 4. The standard InChI is InChI=1S/C21H21N3O2S/c25-19(20-10-5-13-27-20)11-12-21(26)22-14-17-16-8-4-9-18(16)24(23-17)15-6-2-1-3-7-15/h1-3,5-7,10,13H,4,8-9,11-12,14H2,(H,22,26). The highest BCUT2D eigenvalue weighted by molar-refractivity contribution is 7.12. The molecular formula is C21H21N3O2S. The highest BCUT2D eigenvalue weighted by atomic mass is 32.1. The number of Topliss-reactive ketones (excluding diaryl/α,β-unsaturated/α-hetero) is 1. The molecule has 0 fully saturated rings. The Bertz CT molecular complexity index is 945. The van der Waals surface area contributed by atoms with Gasteiger partial charge >= 0.3 is 0 Å². The molecule has 1 aromatic carbocycles. The maximum atomic E-state index is 12.2. The van der Waals surface area contributed by atoms with E-state index in [0.29, 0.717) is 11.4 Å². The van der Waals surface area contributed by atoms with Crippen molar-refractivity contribution < 1.29 is 9.59 Å². The first-order valence-corrected chi connectivity index (χ1v) is 10.1. The molecule has 0 aliphatic heterocycles. The van der Waals surface area contributed by atoms with Crippen LogP contribution in [-0.2, 0) is 24.2 Å². The van der Waals surface area contributed by atoms with Crippen molar-refractivity contribution >= 4 is 23.0 Å². The van der Waals surface area contributed by atoms with Crippen molar-refractivity contribution in [1.29, 1.82) is 0 Å². The Kier molecular flexibility index (Phi) is 5.16. The summed E-state index contributed by atoms with van der Waals surface area (Å²) in [5.41, 5.74) is 4.49. The summed E-state index contributed by atoms with van der Waals surface area (Å²) in [6.45, 7) is 0.411. The van der Waals surface area contributed by atoms with Crippen LogP contribution in [0.15, 0.2) is 47.8 Å². The molecule has 6 heteroatoms. The third-order valence-corrected chi connectivity index (χ3v) is 5.75. The van der Waals surface area contributed by atoms with Gasteiger partial charge in [0.2, 0.25) is 5.91 Å². The first-order chi connectivity index (χ1) is 13.2. The summed E-state index contributed by atoms with van der Waals surface area (Å²) in [6.07, 6.45) is 3.59. The molecule has 0 bridgehead atoms. The summed E-state index contributed by atoms with van der Waals surface area (Å²) >= 11 is 1.41. The number of thiophene rings is 1. The summed E-state index contributed by atoms with van der Waals surface area (Å²) in [7, 11) is 0. The molecule has 2 aromatic heterocycles. The molecule has 4 rings (SSSR count). The average molecular weight is 379 g/mol. The lowest BCUT2D eigenvalue weighted by Crippen LogP contribution is -2.24. The van der Waals surface area contributed by atoms with Gasteiger partial charge in [-0.05, 0) is 48.4 Å². The quantitative estimate of drug-likeness (QED) is 0.637. The zero-order chi connectivity index (χ0) is 18.6. The summed E-state index contributed by atoms with van der Waals surface area (Å²) in [5.74, 6) is -0.0877. The highest BCUT2D eigenvalue weighted by Gasteiger charge is 2.23. The number of benzene rings is 1. The minimum Gasteiger partial charge on any atom is -0.350 e. The largest absolute Gasteiger partial charge is 0.350 e. The maximum Gasteiger partial charge on any atom is 0.220 e. The molecule has 5 nitrogen and oxygen atoms in total. The van der Waals surface area contributed by atoms with Gasteiger partial charge < -0.3 is 5.32 Å². The molecule has 1 amide bonds. The van der Waals surface area contributed by atoms with Gasteiger partial charge in [-0.1, -0.05) is 24.3 Å². The third-order valence-electron chi connectivity index (χ3n) is 4.84. The Morgan fingerprint density at radius 2 is 1.93 bits per heavy atom. The predicted molar refractivity (Wildman–Crippen MR) is 105 cm³/mol. The second-order valence-corrected chi connectivity index (χ2v) is 7.60. The van der Waals surface area contributed by atoms with Gasteiger partial charge in [-0.2, -0.15) is 5.10 Å². The van der Waals surface area contributed by atoms with Crippen LogP contribution in [0.25, 0.3) is 5.69 Å². The van der Waals surface area contributed by atoms with Crippen molar-refractivity contribution in [2.45, 2.75) is 38.6 Å². The molecule has 2 heterocycles. The normalized spacial score (nSPS) is 12.7. The zero-order valence-corrected chi connectivity index (χ0v) is 15.8. The van der Waals surface area contributed by atoms with Gasteiger partial charge in [0.1, 0.15) is 0 Å². The second kappa shape index (κ2) is 7.88. The summed E-state index contributed by atoms with van der Waals surface area (Å²) < 4.78 is 2.00. The zero-order valence-electron chi connectivity index (χ0n) is 15.0. The number of rotatable bonds is 7. The third kappa shape index (κ3) is 3.85. The van der Waals surface area contributed by atoms with Gasteiger partial charge in [0, 0.05) is 18.5 Å². The van der Waals surface area contributed by atoms with E-state index in [1.54, 1.807) is 6.07 Å². The molecule has 0 saturated heterocycles. The Morgan fingerprint density at radius 1 is 1.07 bits per heavy atom. The molecule has 1 aliphatic rings. The first kappa shape index (κ1) is 17.7. The van der Waals surface area contributed by atoms with E-state index in [1.807, 2.05) is 46.5 Å². The highest BCUT2D eigenvalue weighted by Crippen LogP contribution is 2.27. The number of carbonyl (C=O) groups is 2. The van der Waals surface area contributed by atoms with Crippen molar-refractivity contribution in [1.82, 2.24) is 15.1 Å². The maximum absolute atomic E-state index is 12.2. The smallest absolute Gasteiger partial charge is 0.220 e. The van der Waals surface area contributed by atoms with E-state index in [4.69, 9.17) is 5.10 Å². The number of nitrogens with zero attached hydrogens (tertiary/aromatic N) is 2. The van der Waals surface area contributed by atoms with E-state index in [1.165, 1.54) is 22.6 Å². The minimum atomic E-state index is -0.110. The van der Waals surface area contributed by atoms with Crippen LogP contribution in [0.5, 0.6) is 0 Å². The van der Waals surface area contributed by atoms with Crippen LogP contribution in [0.4, 0.5) is 0 Å². The molecule has 0 unspecified atom stereocenters. The van der Waals surface area contributed by atoms with Crippen LogP contribution in [0.1, 0.15) is 45.9 Å². The van der Waals surface area contributed by atoms with Crippen LogP contribution in [-0.4, -0.2) is 21.5 Å². The Morgan fingerprint density at radius 3 is 2.70 bits per heavy atom. The van der Waals surface area contributed by atoms with E-state index in [0.717, 1.165) is 30.6 Å². The fourth-order valence-electron chi connectivity index (χ4n) is 3.50. The Balaban J connectivity index is 1.39. The molecule has 1 aliphatic carbocycles. The van der Waals surface area contributed by atoms with Gasteiger partial charge in [0.15, 0.2) is 5.78 Å². The van der Waals surface area contributed by atoms with Gasteiger partial charge in [-0.25, -0.2) is 4.68 Å². The fourth-order valence-corrected chi connectivity index (χ4v) is 4.19. The SMILES string of the molecule is O=C(CCC(=O)c1cccs1)NCc1nn(-c2ccccc2)c2c1CCC2. The van der Waals surface area contributed by atoms with Crippen LogP contribution >= 0.6 is 11.3 Å². The number of para-hydroxylation sites is 1. The first-order valence-electron chi connectivity index (χ1n) is 9.21. The lowest BCUT2D eigenvalue weighted by atomic mass is 10.1. The molecule has 0 radical (unpaired) electrons. The van der Waals surface area contributed by atoms with E-state index in [9.17, 15) is 9.59 Å². The Hall–Kier alpha value is -2.73. The van der Waals surface area contributed by atoms with Gasteiger partial charge in [-0.3, -0.25) is 9.59 Å². The van der Waals surface area contributed by atoms with Gasteiger partial charge in [-0.15, -0.1) is 11.3 Å². The number of aromatic nitrogens is 2. The molecule has 138 valence electrons. The molecule has 3 aromatic rings. The van der Waals surface area contributed by atoms with E-state index < -0.39 is 0 Å². The lowest BCUT2D eigenvalue weighted by molar-refractivity contribution is -0.121. The Labute approximate surface area is 162 Å². The fraction of sp³-hybridized carbons (Fsp3) is 0.286. The number of amides is 1. The number of ketones is 1. The number of hydrogen-bond donors (Lipinski definition) is 1. The molecule has 1 N–H and O–H groups in total. The summed E-state index contributed by atoms with van der Waals surface area (Å²) in [6, 6.07) is 13.7. The number of nitrogens with one attached hydrogen (secondary N) is 1. The molecule has 0 saturated carbocycles. The van der Waals surface area contributed by atoms with Crippen LogP contribution < -0.4 is 5.32 Å².